The lowest BCUT2D eigenvalue weighted by molar-refractivity contribution is 0.376. The summed E-state index contributed by atoms with van der Waals surface area (Å²) in [5, 5.41) is 3.90. The molecular weight excluding hydrogens is 480 g/mol. The molecule has 4 aromatic rings. The Balaban J connectivity index is 1.82. The fourth-order valence-corrected chi connectivity index (χ4v) is 5.34. The van der Waals surface area contributed by atoms with Crippen LogP contribution in [0.25, 0.3) is 0 Å². The van der Waals surface area contributed by atoms with Crippen molar-refractivity contribution in [1.82, 2.24) is 9.97 Å². The van der Waals surface area contributed by atoms with Gasteiger partial charge in [0.2, 0.25) is 5.95 Å². The minimum atomic E-state index is -3.98. The van der Waals surface area contributed by atoms with Crippen molar-refractivity contribution in [2.24, 2.45) is 0 Å². The molecule has 4 rings (SSSR count). The Morgan fingerprint density at radius 1 is 0.818 bits per heavy atom. The monoisotopic (exact) mass is 499 g/mol. The first kappa shape index (κ1) is 23.1. The average molecular weight is 500 g/mol. The lowest BCUT2D eigenvalue weighted by atomic mass is 10.2. The minimum Gasteiger partial charge on any atom is -0.414 e. The topological polar surface area (TPSA) is 73.3 Å². The molecule has 0 aliphatic carbocycles. The van der Waals surface area contributed by atoms with Gasteiger partial charge < -0.3 is 14.4 Å². The highest BCUT2D eigenvalue weighted by Gasteiger charge is 2.41. The summed E-state index contributed by atoms with van der Waals surface area (Å²) in [6.45, 7) is 1.79. The van der Waals surface area contributed by atoms with Crippen molar-refractivity contribution in [3.8, 4) is 11.5 Å². The third-order valence-corrected chi connectivity index (χ3v) is 6.98. The number of aryl methyl sites for hydroxylation is 1. The second kappa shape index (κ2) is 10.3. The molecule has 1 N–H and O–H groups in total. The van der Waals surface area contributed by atoms with E-state index in [-0.39, 0.29) is 11.1 Å². The van der Waals surface area contributed by atoms with Crippen LogP contribution in [0.2, 0.25) is 10.2 Å². The van der Waals surface area contributed by atoms with E-state index >= 15 is 0 Å². The lowest BCUT2D eigenvalue weighted by Crippen LogP contribution is -2.19. The molecule has 0 fully saturated rings. The summed E-state index contributed by atoms with van der Waals surface area (Å²) in [7, 11) is -3.98. The van der Waals surface area contributed by atoms with Gasteiger partial charge in [0.15, 0.2) is 5.78 Å². The Bertz CT molecular complexity index is 1190. The van der Waals surface area contributed by atoms with Crippen molar-refractivity contribution in [2.45, 2.75) is 12.7 Å². The minimum absolute atomic E-state index is 0.188. The molecule has 0 saturated carbocycles. The standard InChI is InChI=1S/C24H20Cl2N3O3P/c1-17-16-22(26)28-24(27-17)29-23(18-12-14-19(25)15-13-18)33(30,31-20-8-4-2-5-9-20)32-21-10-6-3-7-11-21/h2-16,23H,1H3,(H,27,28,29). The van der Waals surface area contributed by atoms with E-state index in [2.05, 4.69) is 15.3 Å². The zero-order valence-corrected chi connectivity index (χ0v) is 20.0. The van der Waals surface area contributed by atoms with Gasteiger partial charge in [0.05, 0.1) is 0 Å². The molecule has 3 aromatic carbocycles. The summed E-state index contributed by atoms with van der Waals surface area (Å²) in [6.07, 6.45) is 0. The summed E-state index contributed by atoms with van der Waals surface area (Å²) in [5.74, 6) is -0.0111. The number of benzene rings is 3. The molecule has 1 unspecified atom stereocenters. The zero-order valence-electron chi connectivity index (χ0n) is 17.6. The normalized spacial score (nSPS) is 12.1. The predicted molar refractivity (Wildman–Crippen MR) is 131 cm³/mol. The molecule has 1 aromatic heterocycles. The van der Waals surface area contributed by atoms with Crippen LogP contribution in [0.3, 0.4) is 0 Å². The largest absolute Gasteiger partial charge is 0.457 e. The summed E-state index contributed by atoms with van der Waals surface area (Å²) < 4.78 is 26.6. The van der Waals surface area contributed by atoms with Gasteiger partial charge in [0.25, 0.3) is 0 Å². The highest BCUT2D eigenvalue weighted by molar-refractivity contribution is 7.55. The number of rotatable bonds is 8. The van der Waals surface area contributed by atoms with Crippen LogP contribution in [0.15, 0.2) is 91.0 Å². The number of hydrogen-bond acceptors (Lipinski definition) is 6. The van der Waals surface area contributed by atoms with E-state index < -0.39 is 13.4 Å². The summed E-state index contributed by atoms with van der Waals surface area (Å²) in [5.41, 5.74) is 1.26. The van der Waals surface area contributed by atoms with Crippen LogP contribution in [0.5, 0.6) is 11.5 Å². The smallest absolute Gasteiger partial charge is 0.414 e. The van der Waals surface area contributed by atoms with Gasteiger partial charge in [-0.15, -0.1) is 0 Å². The van der Waals surface area contributed by atoms with Crippen LogP contribution in [-0.4, -0.2) is 9.97 Å². The van der Waals surface area contributed by atoms with Crippen LogP contribution >= 0.6 is 30.8 Å². The predicted octanol–water partition coefficient (Wildman–Crippen LogP) is 7.55. The number of anilines is 1. The Hall–Kier alpha value is -3.05. The van der Waals surface area contributed by atoms with Gasteiger partial charge >= 0.3 is 7.60 Å². The van der Waals surface area contributed by atoms with E-state index in [1.807, 2.05) is 12.1 Å². The number of hydrogen-bond donors (Lipinski definition) is 1. The van der Waals surface area contributed by atoms with E-state index in [0.29, 0.717) is 27.8 Å². The van der Waals surface area contributed by atoms with Gasteiger partial charge in [-0.25, -0.2) is 14.5 Å². The van der Waals surface area contributed by atoms with E-state index in [4.69, 9.17) is 32.2 Å². The molecular formula is C24H20Cl2N3O3P. The molecule has 1 heterocycles. The van der Waals surface area contributed by atoms with Crippen molar-refractivity contribution in [2.75, 3.05) is 5.32 Å². The molecule has 0 amide bonds. The Kier molecular flexibility index (Phi) is 7.19. The summed E-state index contributed by atoms with van der Waals surface area (Å²) in [4.78, 5) is 8.61. The van der Waals surface area contributed by atoms with Gasteiger partial charge in [0, 0.05) is 10.7 Å². The van der Waals surface area contributed by atoms with E-state index in [0.717, 1.165) is 0 Å². The molecule has 168 valence electrons. The summed E-state index contributed by atoms with van der Waals surface area (Å²) in [6, 6.07) is 26.2. The molecule has 9 heteroatoms. The number of halogens is 2. The van der Waals surface area contributed by atoms with Crippen LogP contribution in [0.4, 0.5) is 5.95 Å². The number of nitrogens with one attached hydrogen (secondary N) is 1. The molecule has 0 saturated heterocycles. The first-order valence-electron chi connectivity index (χ1n) is 10.0. The van der Waals surface area contributed by atoms with E-state index in [1.165, 1.54) is 0 Å². The number of para-hydroxylation sites is 2. The fourth-order valence-electron chi connectivity index (χ4n) is 3.09. The number of aromatic nitrogens is 2. The molecule has 6 nitrogen and oxygen atoms in total. The average Bonchev–Trinajstić information content (AvgIpc) is 2.79. The molecule has 0 aliphatic rings. The van der Waals surface area contributed by atoms with Crippen molar-refractivity contribution in [3.63, 3.8) is 0 Å². The highest BCUT2D eigenvalue weighted by Crippen LogP contribution is 2.60. The second-order valence-electron chi connectivity index (χ2n) is 7.10. The fraction of sp³-hybridized carbons (Fsp3) is 0.0833. The Morgan fingerprint density at radius 2 is 1.36 bits per heavy atom. The summed E-state index contributed by atoms with van der Waals surface area (Å²) >= 11 is 12.2. The maximum Gasteiger partial charge on any atom is 0.457 e. The Morgan fingerprint density at radius 3 is 1.88 bits per heavy atom. The first-order valence-corrected chi connectivity index (χ1v) is 12.4. The van der Waals surface area contributed by atoms with Gasteiger partial charge in [-0.3, -0.25) is 0 Å². The van der Waals surface area contributed by atoms with Gasteiger partial charge in [-0.1, -0.05) is 71.7 Å². The second-order valence-corrected chi connectivity index (χ2v) is 9.89. The molecule has 1 atom stereocenters. The van der Waals surface area contributed by atoms with Crippen LogP contribution < -0.4 is 14.4 Å². The zero-order chi connectivity index (χ0) is 23.3. The third-order valence-electron chi connectivity index (χ3n) is 4.54. The van der Waals surface area contributed by atoms with Gasteiger partial charge in [-0.2, -0.15) is 0 Å². The van der Waals surface area contributed by atoms with E-state index in [9.17, 15) is 4.57 Å². The van der Waals surface area contributed by atoms with E-state index in [1.54, 1.807) is 85.8 Å². The first-order chi connectivity index (χ1) is 15.9. The molecule has 33 heavy (non-hydrogen) atoms. The quantitative estimate of drug-likeness (QED) is 0.199. The van der Waals surface area contributed by atoms with Crippen LogP contribution in [0.1, 0.15) is 17.0 Å². The molecule has 0 spiro atoms. The van der Waals surface area contributed by atoms with Crippen molar-refractivity contribution >= 4 is 36.7 Å². The Labute approximate surface area is 202 Å². The SMILES string of the molecule is Cc1cc(Cl)nc(NC(c2ccc(Cl)cc2)P(=O)(Oc2ccccc2)Oc2ccccc2)n1. The van der Waals surface area contributed by atoms with Crippen LogP contribution in [0, 0.1) is 6.92 Å². The van der Waals surface area contributed by atoms with Crippen LogP contribution in [-0.2, 0) is 4.57 Å². The van der Waals surface area contributed by atoms with Gasteiger partial charge in [-0.05, 0) is 55.0 Å². The number of nitrogens with zero attached hydrogens (tertiary/aromatic N) is 2. The highest BCUT2D eigenvalue weighted by atomic mass is 35.5. The lowest BCUT2D eigenvalue weighted by Gasteiger charge is -2.28. The maximum absolute atomic E-state index is 14.5. The molecule has 0 radical (unpaired) electrons. The molecule has 0 aliphatic heterocycles. The van der Waals surface area contributed by atoms with Crippen molar-refractivity contribution in [1.29, 1.82) is 0 Å². The molecule has 0 bridgehead atoms. The third kappa shape index (κ3) is 6.05. The maximum atomic E-state index is 14.5. The van der Waals surface area contributed by atoms with Crippen molar-refractivity contribution < 1.29 is 13.6 Å². The van der Waals surface area contributed by atoms with Gasteiger partial charge in [0.1, 0.15) is 16.7 Å². The van der Waals surface area contributed by atoms with Crippen molar-refractivity contribution in [3.05, 3.63) is 112 Å².